The lowest BCUT2D eigenvalue weighted by Crippen LogP contribution is -2.50. The molecule has 3 saturated heterocycles. The van der Waals surface area contributed by atoms with Crippen LogP contribution in [0.3, 0.4) is 0 Å². The quantitative estimate of drug-likeness (QED) is 0.0218. The second kappa shape index (κ2) is 43.1. The van der Waals surface area contributed by atoms with Gasteiger partial charge in [0, 0.05) is 172 Å². The largest absolute Gasteiger partial charge is 0.494 e. The van der Waals surface area contributed by atoms with Crippen LogP contribution in [0.1, 0.15) is 86.3 Å². The van der Waals surface area contributed by atoms with Gasteiger partial charge in [-0.15, -0.1) is 0 Å². The number of anilines is 14. The van der Waals surface area contributed by atoms with Crippen molar-refractivity contribution in [3.63, 3.8) is 0 Å². The van der Waals surface area contributed by atoms with Crippen LogP contribution in [0, 0.1) is 13.8 Å². The zero-order chi connectivity index (χ0) is 90.1. The number of aromatic nitrogens is 6. The molecule has 125 heavy (non-hydrogen) atoms. The van der Waals surface area contributed by atoms with E-state index in [1.165, 1.54) is 24.4 Å². The smallest absolute Gasteiger partial charge is 0.410 e. The van der Waals surface area contributed by atoms with Gasteiger partial charge in [-0.2, -0.15) is 15.0 Å². The van der Waals surface area contributed by atoms with Crippen LogP contribution in [0.25, 0.3) is 0 Å². The average molecular weight is 1730 g/mol. The highest BCUT2D eigenvalue weighted by molar-refractivity contribution is 6.31. The van der Waals surface area contributed by atoms with E-state index in [0.717, 1.165) is 65.5 Å². The fraction of sp³-hybridized carbons (Fsp3) is 0.341. The number of ether oxygens (including phenoxy) is 8. The Morgan fingerprint density at radius 2 is 0.736 bits per heavy atom. The molecule has 9 aromatic rings. The molecule has 0 radical (unpaired) electrons. The molecule has 0 aliphatic carbocycles. The molecule has 3 fully saturated rings. The van der Waals surface area contributed by atoms with Gasteiger partial charge in [0.25, 0.3) is 0 Å². The maximum Gasteiger partial charge on any atom is 0.410 e. The maximum atomic E-state index is 12.6. The minimum absolute atomic E-state index is 0.135. The molecule has 6 heterocycles. The molecule has 3 aliphatic rings. The van der Waals surface area contributed by atoms with Crippen molar-refractivity contribution >= 4 is 128 Å². The van der Waals surface area contributed by atoms with Crippen LogP contribution in [-0.2, 0) is 28.6 Å². The van der Waals surface area contributed by atoms with E-state index in [4.69, 9.17) is 49.5 Å². The Balaban J connectivity index is 0.000000196. The number of carbonyl (C=O) groups excluding carboxylic acids is 6. The van der Waals surface area contributed by atoms with Crippen molar-refractivity contribution in [3.8, 4) is 40.5 Å². The van der Waals surface area contributed by atoms with Gasteiger partial charge in [0.2, 0.25) is 47.3 Å². The molecule has 12 rings (SSSR count). The highest BCUT2D eigenvalue weighted by Gasteiger charge is 2.30. The van der Waals surface area contributed by atoms with Crippen LogP contribution < -0.4 is 75.6 Å². The van der Waals surface area contributed by atoms with Crippen molar-refractivity contribution in [2.45, 2.75) is 106 Å². The molecule has 0 unspecified atom stereocenters. The fourth-order valence-corrected chi connectivity index (χ4v) is 12.9. The number of nitrogens with zero attached hydrogens (tertiary/aromatic N) is 12. The van der Waals surface area contributed by atoms with E-state index in [1.54, 1.807) is 103 Å². The van der Waals surface area contributed by atoms with Crippen LogP contribution in [-0.4, -0.2) is 197 Å². The highest BCUT2D eigenvalue weighted by atomic mass is 35.5. The van der Waals surface area contributed by atoms with Gasteiger partial charge in [0.05, 0.1) is 44.6 Å². The number of hydrogen-bond donors (Lipinski definition) is 7. The summed E-state index contributed by atoms with van der Waals surface area (Å²) in [6.45, 7) is 38.8. The normalized spacial score (nSPS) is 13.5. The number of hydrogen-bond acceptors (Lipinski definition) is 27. The van der Waals surface area contributed by atoms with Crippen molar-refractivity contribution in [1.29, 1.82) is 0 Å². The lowest BCUT2D eigenvalue weighted by molar-refractivity contribution is -0.112. The molecule has 0 atom stereocenters. The molecule has 0 saturated carbocycles. The molecule has 3 aromatic heterocycles. The Morgan fingerprint density at radius 3 is 1.14 bits per heavy atom. The number of piperazine rings is 1. The number of amides is 6. The van der Waals surface area contributed by atoms with E-state index in [0.29, 0.717) is 146 Å². The molecular weight excluding hydrogens is 1620 g/mol. The Hall–Kier alpha value is -14.1. The molecule has 0 bridgehead atoms. The summed E-state index contributed by atoms with van der Waals surface area (Å²) in [4.78, 5) is 111. The summed E-state index contributed by atoms with van der Waals surface area (Å²) in [5.41, 5.74) is 7.53. The maximum absolute atomic E-state index is 12.6. The summed E-state index contributed by atoms with van der Waals surface area (Å²) in [6, 6.07) is 38.7. The second-order valence-corrected chi connectivity index (χ2v) is 32.3. The number of nitrogens with one attached hydrogen (secondary N) is 7. The summed E-state index contributed by atoms with van der Waals surface area (Å²) in [6.07, 6.45) is 9.23. The number of halogens is 1. The van der Waals surface area contributed by atoms with E-state index >= 15 is 0 Å². The first-order valence-electron chi connectivity index (χ1n) is 40.6. The Kier molecular flexibility index (Phi) is 32.1. The minimum atomic E-state index is -0.532. The van der Waals surface area contributed by atoms with Crippen LogP contribution in [0.2, 0.25) is 5.02 Å². The molecule has 3 aliphatic heterocycles. The van der Waals surface area contributed by atoms with Crippen LogP contribution >= 0.6 is 11.6 Å². The summed E-state index contributed by atoms with van der Waals surface area (Å²) in [7, 11) is 4.82. The topological polar surface area (TPSA) is 357 Å². The van der Waals surface area contributed by atoms with Crippen molar-refractivity contribution in [3.05, 3.63) is 200 Å². The lowest BCUT2D eigenvalue weighted by atomic mass is 10.2. The Labute approximate surface area is 733 Å². The van der Waals surface area contributed by atoms with Gasteiger partial charge < -0.3 is 105 Å². The van der Waals surface area contributed by atoms with Gasteiger partial charge in [0.15, 0.2) is 0 Å². The van der Waals surface area contributed by atoms with E-state index < -0.39 is 16.8 Å². The predicted octanol–water partition coefficient (Wildman–Crippen LogP) is 17.6. The molecular formula is C91H110ClN19O14. The Morgan fingerprint density at radius 1 is 0.392 bits per heavy atom. The number of carbonyl (C=O) groups is 6. The average Bonchev–Trinajstić information content (AvgIpc) is 1.45. The lowest BCUT2D eigenvalue weighted by Gasteiger charge is -2.37. The predicted molar refractivity (Wildman–Crippen MR) is 488 cm³/mol. The van der Waals surface area contributed by atoms with E-state index in [-0.39, 0.29) is 52.9 Å². The molecule has 660 valence electrons. The second-order valence-electron chi connectivity index (χ2n) is 31.9. The van der Waals surface area contributed by atoms with Crippen LogP contribution in [0.15, 0.2) is 184 Å². The first kappa shape index (κ1) is 93.2. The van der Waals surface area contributed by atoms with Gasteiger partial charge in [-0.05, 0) is 186 Å². The number of methoxy groups -OCH3 is 3. The number of aryl methyl sites for hydroxylation is 2. The van der Waals surface area contributed by atoms with Crippen LogP contribution in [0.4, 0.5) is 94.9 Å². The minimum Gasteiger partial charge on any atom is -0.494 e. The first-order chi connectivity index (χ1) is 59.6. The fourth-order valence-electron chi connectivity index (χ4n) is 12.7. The van der Waals surface area contributed by atoms with E-state index in [1.807, 2.05) is 149 Å². The van der Waals surface area contributed by atoms with Crippen molar-refractivity contribution in [2.24, 2.45) is 0 Å². The number of rotatable bonds is 24. The van der Waals surface area contributed by atoms with Crippen LogP contribution in [0.5, 0.6) is 40.5 Å². The summed E-state index contributed by atoms with van der Waals surface area (Å²) in [5.74, 6) is 3.96. The van der Waals surface area contributed by atoms with Gasteiger partial charge in [-0.1, -0.05) is 49.5 Å². The standard InChI is InChI=1S/C31H39N7O4.C30H35ClN6O5.C30H36N6O5/c1-7-27(39)33-22-10-8-11-23(18-22)34-28-21(2)20-32-29(36-28)35-25-13-12-24(19-26(25)41-6)37-14-9-15-38(17-16-37)30(40)42-31(3,4)5;1-6-26(38)33-20-9-7-10-22(17-20)41-27-23(31)19-32-28(35-27)34-24-12-11-21(18-25(24)40-5)36-13-8-14-37(16-15-36)29(39)42-30(2,3)4;1-7-26(37)32-21-9-8-10-23(17-21)40-27-20(2)19-31-28(34-27)33-24-12-11-22(18-25(24)39-6)35-13-15-36(16-14-35)29(38)41-30(3,4)5/h7-8,10-13,18-20H,1,9,14-17H2,2-6H3,(H,33,39)(H2,32,34,35,36);6-7,9-12,17-19H,1,8,13-16H2,2-5H3,(H,33,38)(H,32,34,35);7-12,17-19H,1,13-16H2,2-6H3,(H,32,37)(H,31,33,34). The molecule has 34 heteroatoms. The highest BCUT2D eigenvalue weighted by Crippen LogP contribution is 2.39. The molecule has 6 amide bonds. The van der Waals surface area contributed by atoms with Gasteiger partial charge in [-0.25, -0.2) is 29.3 Å². The molecule has 0 spiro atoms. The molecule has 7 N–H and O–H groups in total. The zero-order valence-corrected chi connectivity index (χ0v) is 73.8. The zero-order valence-electron chi connectivity index (χ0n) is 73.1. The SMILES string of the molecule is C=CC(=O)Nc1cccc(Nc2nc(Nc3ccc(N4CCCN(C(=O)OC(C)(C)C)CC4)cc3OC)ncc2C)c1.C=CC(=O)Nc1cccc(Oc2nc(Nc3ccc(N4CCCN(C(=O)OC(C)(C)C)CC4)cc3OC)ncc2Cl)c1.C=CC(=O)Nc1cccc(Oc2nc(Nc3ccc(N4CCN(C(=O)OC(C)(C)C)CC4)cc3OC)ncc2C)c1. The third-order valence-electron chi connectivity index (χ3n) is 18.8. The summed E-state index contributed by atoms with van der Waals surface area (Å²) >= 11 is 6.31. The van der Waals surface area contributed by atoms with Gasteiger partial charge in [-0.3, -0.25) is 14.4 Å². The van der Waals surface area contributed by atoms with Crippen molar-refractivity contribution < 1.29 is 66.7 Å². The van der Waals surface area contributed by atoms with E-state index in [2.05, 4.69) is 102 Å². The van der Waals surface area contributed by atoms with Crippen molar-refractivity contribution in [1.82, 2.24) is 44.6 Å². The summed E-state index contributed by atoms with van der Waals surface area (Å²) < 4.78 is 45.5. The number of benzene rings is 6. The third kappa shape index (κ3) is 28.2. The van der Waals surface area contributed by atoms with Crippen molar-refractivity contribution in [2.75, 3.05) is 152 Å². The van der Waals surface area contributed by atoms with E-state index in [9.17, 15) is 28.8 Å². The van der Waals surface area contributed by atoms with Gasteiger partial charge in [0.1, 0.15) is 56.4 Å². The summed E-state index contributed by atoms with van der Waals surface area (Å²) in [5, 5.41) is 21.3. The monoisotopic (exact) mass is 1730 g/mol. The first-order valence-corrected chi connectivity index (χ1v) is 41.0. The third-order valence-corrected chi connectivity index (χ3v) is 19.1. The van der Waals surface area contributed by atoms with Gasteiger partial charge >= 0.3 is 18.3 Å². The molecule has 33 nitrogen and oxygen atoms in total. The Bertz CT molecular complexity index is 5110. The molecule has 6 aromatic carbocycles.